The molecule has 8 heteroatoms. The number of ether oxygens (including phenoxy) is 1. The van der Waals surface area contributed by atoms with Crippen LogP contribution in [0.4, 0.5) is 4.79 Å². The second-order valence-corrected chi connectivity index (χ2v) is 12.0. The van der Waals surface area contributed by atoms with Gasteiger partial charge < -0.3 is 25.4 Å². The van der Waals surface area contributed by atoms with Crippen LogP contribution in [-0.2, 0) is 20.7 Å². The van der Waals surface area contributed by atoms with Gasteiger partial charge in [-0.3, -0.25) is 9.59 Å². The van der Waals surface area contributed by atoms with E-state index < -0.39 is 23.8 Å². The summed E-state index contributed by atoms with van der Waals surface area (Å²) in [6, 6.07) is 11.6. The molecule has 2 saturated carbocycles. The lowest BCUT2D eigenvalue weighted by molar-refractivity contribution is -0.143. The van der Waals surface area contributed by atoms with Crippen LogP contribution in [0.1, 0.15) is 88.4 Å². The van der Waals surface area contributed by atoms with E-state index in [1.807, 2.05) is 12.1 Å². The quantitative estimate of drug-likeness (QED) is 0.375. The fraction of sp³-hybridized carbons (Fsp3) is 0.485. The van der Waals surface area contributed by atoms with E-state index in [0.29, 0.717) is 11.1 Å². The topological polar surface area (TPSA) is 108 Å². The van der Waals surface area contributed by atoms with Crippen molar-refractivity contribution in [2.24, 2.45) is 0 Å². The first-order chi connectivity index (χ1) is 19.6. The maximum atomic E-state index is 14.5. The van der Waals surface area contributed by atoms with Crippen LogP contribution in [0.15, 0.2) is 48.5 Å². The van der Waals surface area contributed by atoms with Crippen molar-refractivity contribution in [2.75, 3.05) is 0 Å². The first-order valence-electron chi connectivity index (χ1n) is 14.5. The van der Waals surface area contributed by atoms with Gasteiger partial charge >= 0.3 is 6.09 Å². The highest BCUT2D eigenvalue weighted by Gasteiger charge is 2.45. The number of phenols is 1. The second kappa shape index (κ2) is 13.1. The van der Waals surface area contributed by atoms with Gasteiger partial charge in [-0.2, -0.15) is 0 Å². The number of carbonyl (C=O) groups is 3. The van der Waals surface area contributed by atoms with Gasteiger partial charge in [-0.25, -0.2) is 4.79 Å². The molecule has 0 spiro atoms. The Bertz CT molecular complexity index is 1270. The summed E-state index contributed by atoms with van der Waals surface area (Å²) < 4.78 is 5.49. The van der Waals surface area contributed by atoms with E-state index in [1.54, 1.807) is 49.9 Å². The Balaban J connectivity index is 1.71. The summed E-state index contributed by atoms with van der Waals surface area (Å²) in [5.41, 5.74) is 1.11. The van der Waals surface area contributed by atoms with Gasteiger partial charge in [0.15, 0.2) is 0 Å². The Morgan fingerprint density at radius 3 is 2.29 bits per heavy atom. The molecule has 0 radical (unpaired) electrons. The van der Waals surface area contributed by atoms with Gasteiger partial charge in [-0.1, -0.05) is 55.5 Å². The molecule has 0 aromatic heterocycles. The van der Waals surface area contributed by atoms with Crippen LogP contribution in [0.2, 0.25) is 0 Å². The normalized spacial score (nSPS) is 17.0. The van der Waals surface area contributed by atoms with Crippen LogP contribution < -0.4 is 10.6 Å². The van der Waals surface area contributed by atoms with Crippen molar-refractivity contribution >= 4 is 17.9 Å². The van der Waals surface area contributed by atoms with Gasteiger partial charge in [0, 0.05) is 24.1 Å². The number of aromatic hydroxyl groups is 1. The molecule has 2 fully saturated rings. The maximum Gasteiger partial charge on any atom is 0.408 e. The average molecular weight is 560 g/mol. The molecule has 3 amide bonds. The van der Waals surface area contributed by atoms with E-state index in [4.69, 9.17) is 11.2 Å². The number of nitrogens with zero attached hydrogens (tertiary/aromatic N) is 1. The summed E-state index contributed by atoms with van der Waals surface area (Å²) >= 11 is 0. The SMILES string of the molecule is C#Cc1ccccc1C(C(=O)NC1CCCCC1)N(C(=O)C(Cc1ccc(O)cc1)NC(=O)OC(C)(C)C)C1CC1. The van der Waals surface area contributed by atoms with E-state index in [9.17, 15) is 19.5 Å². The number of carbonyl (C=O) groups excluding carboxylic acids is 3. The third-order valence-corrected chi connectivity index (χ3v) is 7.45. The van der Waals surface area contributed by atoms with Crippen molar-refractivity contribution in [2.45, 2.75) is 102 Å². The lowest BCUT2D eigenvalue weighted by Crippen LogP contribution is -2.55. The van der Waals surface area contributed by atoms with E-state index in [2.05, 4.69) is 16.6 Å². The van der Waals surface area contributed by atoms with Gasteiger partial charge in [0.1, 0.15) is 23.4 Å². The molecule has 0 bridgehead atoms. The van der Waals surface area contributed by atoms with Crippen molar-refractivity contribution in [1.82, 2.24) is 15.5 Å². The van der Waals surface area contributed by atoms with Crippen molar-refractivity contribution < 1.29 is 24.2 Å². The molecule has 2 atom stereocenters. The molecule has 2 aromatic rings. The van der Waals surface area contributed by atoms with Gasteiger partial charge in [-0.15, -0.1) is 6.42 Å². The standard InChI is InChI=1S/C33H41N3O5/c1-5-23-11-9-10-14-27(23)29(30(38)34-24-12-7-6-8-13-24)36(25-17-18-25)31(39)28(35-32(40)41-33(2,3)4)21-22-15-19-26(37)20-16-22/h1,9-11,14-16,19-20,24-25,28-29,37H,6-8,12-13,17-18,21H2,2-4H3,(H,34,38)(H,35,40). The predicted octanol–water partition coefficient (Wildman–Crippen LogP) is 4.99. The Labute approximate surface area is 242 Å². The Kier molecular flexibility index (Phi) is 9.59. The summed E-state index contributed by atoms with van der Waals surface area (Å²) in [6.45, 7) is 5.26. The molecule has 0 aliphatic heterocycles. The molecular formula is C33H41N3O5. The minimum atomic E-state index is -1.02. The number of alkyl carbamates (subject to hydrolysis) is 1. The van der Waals surface area contributed by atoms with Crippen LogP contribution in [0.3, 0.4) is 0 Å². The summed E-state index contributed by atoms with van der Waals surface area (Å²) in [5.74, 6) is 2.14. The zero-order valence-electron chi connectivity index (χ0n) is 24.2. The second-order valence-electron chi connectivity index (χ2n) is 12.0. The number of amides is 3. The number of terminal acetylenes is 1. The molecule has 0 heterocycles. The third-order valence-electron chi connectivity index (χ3n) is 7.45. The van der Waals surface area contributed by atoms with E-state index in [0.717, 1.165) is 50.5 Å². The van der Waals surface area contributed by atoms with Gasteiger partial charge in [0.25, 0.3) is 0 Å². The first kappa shape index (κ1) is 30.0. The summed E-state index contributed by atoms with van der Waals surface area (Å²) in [6.07, 6.45) is 11.8. The van der Waals surface area contributed by atoms with Crippen molar-refractivity contribution in [3.8, 4) is 18.1 Å². The van der Waals surface area contributed by atoms with Crippen LogP contribution in [0.5, 0.6) is 5.75 Å². The van der Waals surface area contributed by atoms with Crippen LogP contribution in [0.25, 0.3) is 0 Å². The highest BCUT2D eigenvalue weighted by Crippen LogP contribution is 2.37. The van der Waals surface area contributed by atoms with Crippen molar-refractivity contribution in [3.63, 3.8) is 0 Å². The molecule has 2 aliphatic rings. The minimum absolute atomic E-state index is 0.0422. The monoisotopic (exact) mass is 559 g/mol. The molecule has 2 aliphatic carbocycles. The molecule has 218 valence electrons. The predicted molar refractivity (Wildman–Crippen MR) is 157 cm³/mol. The van der Waals surface area contributed by atoms with Gasteiger partial charge in [0.05, 0.1) is 0 Å². The number of rotatable bonds is 9. The van der Waals surface area contributed by atoms with Gasteiger partial charge in [0.2, 0.25) is 11.8 Å². The van der Waals surface area contributed by atoms with Crippen LogP contribution in [-0.4, -0.2) is 51.6 Å². The smallest absolute Gasteiger partial charge is 0.408 e. The largest absolute Gasteiger partial charge is 0.508 e. The first-order valence-corrected chi connectivity index (χ1v) is 14.5. The summed E-state index contributed by atoms with van der Waals surface area (Å²) in [5, 5.41) is 15.7. The molecule has 0 saturated heterocycles. The molecule has 8 nitrogen and oxygen atoms in total. The summed E-state index contributed by atoms with van der Waals surface area (Å²) in [4.78, 5) is 43.1. The maximum absolute atomic E-state index is 14.5. The van der Waals surface area contributed by atoms with E-state index >= 15 is 0 Å². The number of phenolic OH excluding ortho intramolecular Hbond substituents is 1. The van der Waals surface area contributed by atoms with Crippen LogP contribution in [0, 0.1) is 12.3 Å². The molecule has 3 N–H and O–H groups in total. The van der Waals surface area contributed by atoms with Crippen molar-refractivity contribution in [3.05, 3.63) is 65.2 Å². The number of hydrogen-bond donors (Lipinski definition) is 3. The fourth-order valence-corrected chi connectivity index (χ4v) is 5.38. The number of hydrogen-bond acceptors (Lipinski definition) is 5. The van der Waals surface area contributed by atoms with Crippen molar-refractivity contribution in [1.29, 1.82) is 0 Å². The molecular weight excluding hydrogens is 518 g/mol. The minimum Gasteiger partial charge on any atom is -0.508 e. The fourth-order valence-electron chi connectivity index (χ4n) is 5.38. The van der Waals surface area contributed by atoms with Gasteiger partial charge in [-0.05, 0) is 75.8 Å². The lowest BCUT2D eigenvalue weighted by atomic mass is 9.93. The Morgan fingerprint density at radius 2 is 1.68 bits per heavy atom. The Morgan fingerprint density at radius 1 is 1.02 bits per heavy atom. The third kappa shape index (κ3) is 8.26. The highest BCUT2D eigenvalue weighted by atomic mass is 16.6. The van der Waals surface area contributed by atoms with E-state index in [1.165, 1.54) is 12.1 Å². The zero-order valence-corrected chi connectivity index (χ0v) is 24.2. The zero-order chi connectivity index (χ0) is 29.6. The van der Waals surface area contributed by atoms with E-state index in [-0.39, 0.29) is 36.1 Å². The average Bonchev–Trinajstić information content (AvgIpc) is 3.77. The molecule has 4 rings (SSSR count). The molecule has 2 aromatic carbocycles. The molecule has 2 unspecified atom stereocenters. The number of nitrogens with one attached hydrogen (secondary N) is 2. The Hall–Kier alpha value is -3.99. The number of benzene rings is 2. The highest BCUT2D eigenvalue weighted by molar-refractivity contribution is 5.93. The summed E-state index contributed by atoms with van der Waals surface area (Å²) in [7, 11) is 0. The lowest BCUT2D eigenvalue weighted by Gasteiger charge is -2.36. The molecule has 41 heavy (non-hydrogen) atoms. The van der Waals surface area contributed by atoms with Crippen LogP contribution >= 0.6 is 0 Å².